The summed E-state index contributed by atoms with van der Waals surface area (Å²) in [6.07, 6.45) is 6.22. The molecule has 1 saturated carbocycles. The molecule has 1 aromatic carbocycles. The zero-order chi connectivity index (χ0) is 14.5. The Morgan fingerprint density at radius 3 is 2.75 bits per heavy atom. The van der Waals surface area contributed by atoms with Crippen molar-refractivity contribution in [1.29, 1.82) is 0 Å². The fourth-order valence-electron chi connectivity index (χ4n) is 2.97. The Bertz CT molecular complexity index is 470. The smallest absolute Gasteiger partial charge is 0.252 e. The second kappa shape index (κ2) is 7.41. The molecular formula is C16H23IN2O. The van der Waals surface area contributed by atoms with E-state index in [0.29, 0.717) is 12.5 Å². The number of carbonyl (C=O) groups excluding carboxylic acids is 1. The van der Waals surface area contributed by atoms with Crippen molar-refractivity contribution in [3.8, 4) is 0 Å². The summed E-state index contributed by atoms with van der Waals surface area (Å²) >= 11 is 2.21. The fourth-order valence-corrected chi connectivity index (χ4v) is 3.55. The van der Waals surface area contributed by atoms with Gasteiger partial charge in [-0.15, -0.1) is 0 Å². The molecule has 0 heterocycles. The Kier molecular flexibility index (Phi) is 5.84. The van der Waals surface area contributed by atoms with Crippen LogP contribution in [0.4, 0.5) is 0 Å². The predicted octanol–water partition coefficient (Wildman–Crippen LogP) is 3.24. The normalized spacial score (nSPS) is 17.8. The number of aryl methyl sites for hydroxylation is 1. The molecule has 0 radical (unpaired) electrons. The van der Waals surface area contributed by atoms with Crippen LogP contribution in [0.25, 0.3) is 0 Å². The highest BCUT2D eigenvalue weighted by molar-refractivity contribution is 14.1. The Balaban J connectivity index is 2.06. The Morgan fingerprint density at radius 1 is 1.40 bits per heavy atom. The lowest BCUT2D eigenvalue weighted by molar-refractivity contribution is 0.0914. The van der Waals surface area contributed by atoms with Gasteiger partial charge in [-0.3, -0.25) is 4.79 Å². The number of carbonyl (C=O) groups is 1. The van der Waals surface area contributed by atoms with E-state index in [1.54, 1.807) is 0 Å². The van der Waals surface area contributed by atoms with Crippen molar-refractivity contribution in [3.05, 3.63) is 32.9 Å². The summed E-state index contributed by atoms with van der Waals surface area (Å²) in [6, 6.07) is 6.08. The second-order valence-corrected chi connectivity index (χ2v) is 6.86. The lowest BCUT2D eigenvalue weighted by Crippen LogP contribution is -2.46. The molecule has 1 amide bonds. The molecule has 1 aliphatic carbocycles. The van der Waals surface area contributed by atoms with Crippen LogP contribution in [-0.4, -0.2) is 18.5 Å². The van der Waals surface area contributed by atoms with E-state index in [1.807, 2.05) is 25.1 Å². The molecule has 110 valence electrons. The van der Waals surface area contributed by atoms with Gasteiger partial charge in [0.2, 0.25) is 0 Å². The van der Waals surface area contributed by atoms with Gasteiger partial charge in [-0.1, -0.05) is 30.9 Å². The molecule has 1 atom stereocenters. The number of hydrogen-bond acceptors (Lipinski definition) is 2. The van der Waals surface area contributed by atoms with Gasteiger partial charge in [-0.2, -0.15) is 0 Å². The molecule has 0 bridgehead atoms. The summed E-state index contributed by atoms with van der Waals surface area (Å²) in [5.74, 6) is 0.555. The van der Waals surface area contributed by atoms with Crippen molar-refractivity contribution in [2.45, 2.75) is 45.1 Å². The number of nitrogens with one attached hydrogen (secondary N) is 1. The fraction of sp³-hybridized carbons (Fsp3) is 0.562. The second-order valence-electron chi connectivity index (χ2n) is 5.70. The number of halogens is 1. The van der Waals surface area contributed by atoms with Crippen LogP contribution in [0.3, 0.4) is 0 Å². The highest BCUT2D eigenvalue weighted by Crippen LogP contribution is 2.26. The Morgan fingerprint density at radius 2 is 2.10 bits per heavy atom. The first-order valence-electron chi connectivity index (χ1n) is 7.39. The highest BCUT2D eigenvalue weighted by atomic mass is 127. The number of amides is 1. The maximum atomic E-state index is 12.5. The average molecular weight is 386 g/mol. The minimum absolute atomic E-state index is 0.0131. The van der Waals surface area contributed by atoms with Crippen molar-refractivity contribution < 1.29 is 4.79 Å². The molecule has 0 saturated heterocycles. The summed E-state index contributed by atoms with van der Waals surface area (Å²) in [5.41, 5.74) is 7.75. The van der Waals surface area contributed by atoms with Gasteiger partial charge in [0, 0.05) is 16.2 Å². The topological polar surface area (TPSA) is 55.1 Å². The standard InChI is InChI=1S/C16H23IN2O/c1-11-7-8-14(17)13(9-11)16(20)19-15(10-18)12-5-3-2-4-6-12/h7-9,12,15H,2-6,10,18H2,1H3,(H,19,20). The molecule has 2 rings (SSSR count). The van der Waals surface area contributed by atoms with Crippen LogP contribution in [0.5, 0.6) is 0 Å². The molecule has 4 heteroatoms. The van der Waals surface area contributed by atoms with Gasteiger partial charge >= 0.3 is 0 Å². The van der Waals surface area contributed by atoms with Crippen LogP contribution in [0.15, 0.2) is 18.2 Å². The maximum absolute atomic E-state index is 12.5. The molecule has 3 N–H and O–H groups in total. The summed E-state index contributed by atoms with van der Waals surface area (Å²) in [4.78, 5) is 12.5. The summed E-state index contributed by atoms with van der Waals surface area (Å²) in [5, 5.41) is 3.15. The molecule has 1 fully saturated rings. The largest absolute Gasteiger partial charge is 0.348 e. The first-order chi connectivity index (χ1) is 9.61. The van der Waals surface area contributed by atoms with E-state index >= 15 is 0 Å². The Hall–Kier alpha value is -0.620. The van der Waals surface area contributed by atoms with Crippen LogP contribution in [0, 0.1) is 16.4 Å². The van der Waals surface area contributed by atoms with Crippen LogP contribution >= 0.6 is 22.6 Å². The van der Waals surface area contributed by atoms with Crippen LogP contribution in [-0.2, 0) is 0 Å². The lowest BCUT2D eigenvalue weighted by Gasteiger charge is -2.30. The lowest BCUT2D eigenvalue weighted by atomic mass is 9.84. The van der Waals surface area contributed by atoms with E-state index in [0.717, 1.165) is 14.7 Å². The van der Waals surface area contributed by atoms with E-state index < -0.39 is 0 Å². The molecule has 1 aromatic rings. The third kappa shape index (κ3) is 3.95. The van der Waals surface area contributed by atoms with Crippen LogP contribution < -0.4 is 11.1 Å². The first kappa shape index (κ1) is 15.8. The van der Waals surface area contributed by atoms with Crippen molar-refractivity contribution in [2.24, 2.45) is 11.7 Å². The van der Waals surface area contributed by atoms with E-state index in [4.69, 9.17) is 5.73 Å². The maximum Gasteiger partial charge on any atom is 0.252 e. The SMILES string of the molecule is Cc1ccc(I)c(C(=O)NC(CN)C2CCCCC2)c1. The zero-order valence-electron chi connectivity index (χ0n) is 12.0. The monoisotopic (exact) mass is 386 g/mol. The molecule has 3 nitrogen and oxygen atoms in total. The molecule has 20 heavy (non-hydrogen) atoms. The van der Waals surface area contributed by atoms with E-state index in [2.05, 4.69) is 27.9 Å². The molecule has 0 aliphatic heterocycles. The molecule has 1 unspecified atom stereocenters. The van der Waals surface area contributed by atoms with E-state index in [1.165, 1.54) is 32.1 Å². The average Bonchev–Trinajstić information content (AvgIpc) is 2.48. The third-order valence-electron chi connectivity index (χ3n) is 4.16. The molecular weight excluding hydrogens is 363 g/mol. The van der Waals surface area contributed by atoms with Gasteiger partial charge in [0.1, 0.15) is 0 Å². The summed E-state index contributed by atoms with van der Waals surface area (Å²) in [7, 11) is 0. The number of benzene rings is 1. The third-order valence-corrected chi connectivity index (χ3v) is 5.10. The number of hydrogen-bond donors (Lipinski definition) is 2. The zero-order valence-corrected chi connectivity index (χ0v) is 14.2. The van der Waals surface area contributed by atoms with Gasteiger partial charge < -0.3 is 11.1 Å². The van der Waals surface area contributed by atoms with Gasteiger partial charge in [0.05, 0.1) is 5.56 Å². The minimum Gasteiger partial charge on any atom is -0.348 e. The minimum atomic E-state index is 0.0131. The summed E-state index contributed by atoms with van der Waals surface area (Å²) in [6.45, 7) is 2.53. The number of rotatable bonds is 4. The molecule has 0 aromatic heterocycles. The molecule has 0 spiro atoms. The van der Waals surface area contributed by atoms with Gasteiger partial charge in [-0.05, 0) is 60.4 Å². The van der Waals surface area contributed by atoms with E-state index in [-0.39, 0.29) is 11.9 Å². The number of nitrogens with two attached hydrogens (primary N) is 1. The quantitative estimate of drug-likeness (QED) is 0.781. The van der Waals surface area contributed by atoms with Crippen molar-refractivity contribution in [2.75, 3.05) is 6.54 Å². The summed E-state index contributed by atoms with van der Waals surface area (Å²) < 4.78 is 0.991. The van der Waals surface area contributed by atoms with Gasteiger partial charge in [0.25, 0.3) is 5.91 Å². The van der Waals surface area contributed by atoms with Crippen molar-refractivity contribution in [3.63, 3.8) is 0 Å². The van der Waals surface area contributed by atoms with E-state index in [9.17, 15) is 4.79 Å². The van der Waals surface area contributed by atoms with Gasteiger partial charge in [-0.25, -0.2) is 0 Å². The van der Waals surface area contributed by atoms with Crippen molar-refractivity contribution >= 4 is 28.5 Å². The van der Waals surface area contributed by atoms with Crippen LogP contribution in [0.1, 0.15) is 48.0 Å². The van der Waals surface area contributed by atoms with Gasteiger partial charge in [0.15, 0.2) is 0 Å². The highest BCUT2D eigenvalue weighted by Gasteiger charge is 2.24. The predicted molar refractivity (Wildman–Crippen MR) is 90.8 cm³/mol. The van der Waals surface area contributed by atoms with Crippen LogP contribution in [0.2, 0.25) is 0 Å². The van der Waals surface area contributed by atoms with Crippen molar-refractivity contribution in [1.82, 2.24) is 5.32 Å². The first-order valence-corrected chi connectivity index (χ1v) is 8.46. The molecule has 1 aliphatic rings. The Labute approximate surface area is 134 Å².